The molecule has 0 bridgehead atoms. The molecular weight excluding hydrogens is 536 g/mol. The van der Waals surface area contributed by atoms with Crippen molar-refractivity contribution in [2.75, 3.05) is 20.2 Å². The Bertz CT molecular complexity index is 1380. The number of nitrogens with one attached hydrogen (secondary N) is 2. The van der Waals surface area contributed by atoms with Crippen molar-refractivity contribution >= 4 is 39.0 Å². The number of carbonyl (C=O) groups is 2. The predicted octanol–water partition coefficient (Wildman–Crippen LogP) is 2.98. The zero-order valence-electron chi connectivity index (χ0n) is 23.3. The first-order chi connectivity index (χ1) is 19.0. The summed E-state index contributed by atoms with van der Waals surface area (Å²) in [6.45, 7) is 9.10. The van der Waals surface area contributed by atoms with Crippen molar-refractivity contribution in [1.29, 1.82) is 0 Å². The van der Waals surface area contributed by atoms with Gasteiger partial charge in [0.2, 0.25) is 5.91 Å². The van der Waals surface area contributed by atoms with E-state index in [-0.39, 0.29) is 29.8 Å². The largest absolute Gasteiger partial charge is 0.497 e. The molecule has 40 heavy (non-hydrogen) atoms. The van der Waals surface area contributed by atoms with Crippen LogP contribution in [0.15, 0.2) is 57.4 Å². The molecule has 11 nitrogen and oxygen atoms in total. The van der Waals surface area contributed by atoms with Crippen LogP contribution in [0.25, 0.3) is 11.0 Å². The van der Waals surface area contributed by atoms with Gasteiger partial charge in [0.1, 0.15) is 17.4 Å². The molecular formula is C28H38N4O7S. The number of methoxy groups -OCH3 is 1. The fourth-order valence-corrected chi connectivity index (χ4v) is 5.61. The van der Waals surface area contributed by atoms with Gasteiger partial charge in [-0.1, -0.05) is 26.5 Å². The lowest BCUT2D eigenvalue weighted by molar-refractivity contribution is -0.125. The maximum absolute atomic E-state index is 13.3. The minimum absolute atomic E-state index is 0.0532. The summed E-state index contributed by atoms with van der Waals surface area (Å²) in [5.41, 5.74) is 0.507. The quantitative estimate of drug-likeness (QED) is 0.349. The number of aliphatic hydroxyl groups excluding tert-OH is 1. The fraction of sp³-hybridized carbons (Fsp3) is 0.464. The number of fused-ring (bicyclic) bond motifs is 1. The second-order valence-corrected chi connectivity index (χ2v) is 12.0. The number of rotatable bonds is 11. The van der Waals surface area contributed by atoms with Gasteiger partial charge in [-0.2, -0.15) is 4.31 Å². The zero-order chi connectivity index (χ0) is 29.4. The average Bonchev–Trinajstić information content (AvgIpc) is 3.25. The zero-order valence-corrected chi connectivity index (χ0v) is 24.1. The van der Waals surface area contributed by atoms with E-state index < -0.39 is 40.0 Å². The molecule has 2 heterocycles. The Morgan fingerprint density at radius 3 is 2.75 bits per heavy atom. The topological polar surface area (TPSA) is 151 Å². The van der Waals surface area contributed by atoms with Gasteiger partial charge in [-0.15, -0.1) is 0 Å². The molecule has 3 rings (SSSR count). The molecule has 1 saturated heterocycles. The Balaban J connectivity index is 1.69. The fourth-order valence-electron chi connectivity index (χ4n) is 4.40. The van der Waals surface area contributed by atoms with E-state index in [2.05, 4.69) is 22.2 Å². The van der Waals surface area contributed by atoms with Gasteiger partial charge in [0.05, 0.1) is 19.3 Å². The first kappa shape index (κ1) is 31.1. The number of benzene rings is 1. The Hall–Kier alpha value is -3.48. The summed E-state index contributed by atoms with van der Waals surface area (Å²) in [6.07, 6.45) is 4.55. The van der Waals surface area contributed by atoms with E-state index in [4.69, 9.17) is 9.15 Å². The van der Waals surface area contributed by atoms with E-state index in [1.165, 1.54) is 6.21 Å². The maximum Gasteiger partial charge on any atom is 0.287 e. The van der Waals surface area contributed by atoms with E-state index in [1.54, 1.807) is 50.5 Å². The highest BCUT2D eigenvalue weighted by molar-refractivity contribution is 7.93. The third-order valence-corrected chi connectivity index (χ3v) is 8.23. The molecule has 2 unspecified atom stereocenters. The SMILES string of the molecule is C=C(/N=C\C=C/C)S(=O)(=O)N1CCCC(NC(=O)[C@H](CC(C)C)NC(=O)c2cc3cc(OC)ccc3o2)C(O)C1. The Morgan fingerprint density at radius 1 is 1.32 bits per heavy atom. The van der Waals surface area contributed by atoms with E-state index in [9.17, 15) is 23.1 Å². The lowest BCUT2D eigenvalue weighted by Crippen LogP contribution is -2.54. The summed E-state index contributed by atoms with van der Waals surface area (Å²) < 4.78 is 37.9. The Morgan fingerprint density at radius 2 is 2.08 bits per heavy atom. The van der Waals surface area contributed by atoms with Crippen LogP contribution >= 0.6 is 0 Å². The van der Waals surface area contributed by atoms with Crippen LogP contribution < -0.4 is 15.4 Å². The van der Waals surface area contributed by atoms with Crippen molar-refractivity contribution in [3.63, 3.8) is 0 Å². The third kappa shape index (κ3) is 7.80. The number of aliphatic hydroxyl groups is 1. The van der Waals surface area contributed by atoms with E-state index >= 15 is 0 Å². The van der Waals surface area contributed by atoms with Crippen LogP contribution in [0.5, 0.6) is 5.75 Å². The van der Waals surface area contributed by atoms with Crippen molar-refractivity contribution in [2.24, 2.45) is 10.9 Å². The van der Waals surface area contributed by atoms with E-state index in [0.29, 0.717) is 36.0 Å². The lowest BCUT2D eigenvalue weighted by Gasteiger charge is -2.27. The molecule has 0 spiro atoms. The van der Waals surface area contributed by atoms with Crippen LogP contribution in [-0.2, 0) is 14.8 Å². The van der Waals surface area contributed by atoms with Gasteiger partial charge in [-0.05, 0) is 62.4 Å². The van der Waals surface area contributed by atoms with Crippen LogP contribution in [-0.4, -0.2) is 74.2 Å². The molecule has 1 fully saturated rings. The monoisotopic (exact) mass is 574 g/mol. The van der Waals surface area contributed by atoms with Gasteiger partial charge in [-0.25, -0.2) is 13.4 Å². The normalized spacial score (nSPS) is 19.6. The van der Waals surface area contributed by atoms with Crippen LogP contribution in [0.3, 0.4) is 0 Å². The number of nitrogens with zero attached hydrogens (tertiary/aromatic N) is 2. The van der Waals surface area contributed by atoms with Crippen LogP contribution in [0, 0.1) is 5.92 Å². The predicted molar refractivity (Wildman–Crippen MR) is 154 cm³/mol. The number of carbonyl (C=O) groups excluding carboxylic acids is 2. The van der Waals surface area contributed by atoms with Crippen molar-refractivity contribution in [3.8, 4) is 5.75 Å². The molecule has 0 saturated carbocycles. The molecule has 2 aromatic rings. The molecule has 1 aromatic carbocycles. The third-order valence-electron chi connectivity index (χ3n) is 6.52. The minimum atomic E-state index is -3.99. The summed E-state index contributed by atoms with van der Waals surface area (Å²) in [6, 6.07) is 5.14. The lowest BCUT2D eigenvalue weighted by atomic mass is 10.0. The molecule has 1 aliphatic heterocycles. The van der Waals surface area contributed by atoms with Crippen molar-refractivity contribution in [2.45, 2.75) is 58.2 Å². The summed E-state index contributed by atoms with van der Waals surface area (Å²) in [5.74, 6) is -0.272. The van der Waals surface area contributed by atoms with Gasteiger partial charge >= 0.3 is 0 Å². The van der Waals surface area contributed by atoms with Crippen LogP contribution in [0.2, 0.25) is 0 Å². The van der Waals surface area contributed by atoms with E-state index in [1.807, 2.05) is 13.8 Å². The molecule has 3 atom stereocenters. The van der Waals surface area contributed by atoms with Gasteiger partial charge in [-0.3, -0.25) is 9.59 Å². The second-order valence-electron chi connectivity index (χ2n) is 10.1. The van der Waals surface area contributed by atoms with Gasteiger partial charge in [0, 0.05) is 24.7 Å². The molecule has 0 radical (unpaired) electrons. The molecule has 0 aliphatic carbocycles. The summed E-state index contributed by atoms with van der Waals surface area (Å²) in [4.78, 5) is 30.2. The highest BCUT2D eigenvalue weighted by Crippen LogP contribution is 2.25. The molecule has 3 N–H and O–H groups in total. The number of ether oxygens (including phenoxy) is 1. The van der Waals surface area contributed by atoms with E-state index in [0.717, 1.165) is 4.31 Å². The maximum atomic E-state index is 13.3. The molecule has 2 amide bonds. The molecule has 218 valence electrons. The van der Waals surface area contributed by atoms with Crippen molar-refractivity contribution in [1.82, 2.24) is 14.9 Å². The standard InChI is InChI=1S/C28H38N4O7S/c1-6-7-12-29-19(4)40(36,37)32-13-8-9-22(24(33)17-32)30-27(34)23(14-18(2)3)31-28(35)26-16-20-15-21(38-5)10-11-25(20)39-26/h6-7,10-12,15-16,18,22-24,33H,4,8-9,13-14,17H2,1-3,5H3,(H,30,34)(H,31,35)/b7-6-,29-12-/t22?,23-,24?/m0/s1. The smallest absolute Gasteiger partial charge is 0.287 e. The summed E-state index contributed by atoms with van der Waals surface area (Å²) in [7, 11) is -2.44. The first-order valence-corrected chi connectivity index (χ1v) is 14.6. The second kappa shape index (κ2) is 13.7. The highest BCUT2D eigenvalue weighted by atomic mass is 32.2. The summed E-state index contributed by atoms with van der Waals surface area (Å²) >= 11 is 0. The highest BCUT2D eigenvalue weighted by Gasteiger charge is 2.35. The number of hydrogen-bond donors (Lipinski definition) is 3. The van der Waals surface area contributed by atoms with Crippen molar-refractivity contribution in [3.05, 3.63) is 53.8 Å². The Kier molecular flexibility index (Phi) is 10.7. The molecule has 12 heteroatoms. The number of amides is 2. The number of aliphatic imine (C=N–C) groups is 1. The van der Waals surface area contributed by atoms with Gasteiger partial charge in [0.15, 0.2) is 10.8 Å². The van der Waals surface area contributed by atoms with Crippen LogP contribution in [0.1, 0.15) is 50.6 Å². The molecule has 1 aliphatic rings. The Labute approximate surface area is 235 Å². The van der Waals surface area contributed by atoms with Crippen LogP contribution in [0.4, 0.5) is 0 Å². The van der Waals surface area contributed by atoms with Crippen molar-refractivity contribution < 1.29 is 32.3 Å². The first-order valence-electron chi connectivity index (χ1n) is 13.2. The number of sulfonamides is 1. The number of allylic oxidation sites excluding steroid dienone is 2. The number of hydrogen-bond acceptors (Lipinski definition) is 8. The number of furan rings is 1. The van der Waals surface area contributed by atoms with Gasteiger partial charge < -0.3 is 24.9 Å². The average molecular weight is 575 g/mol. The summed E-state index contributed by atoms with van der Waals surface area (Å²) in [5, 5.41) is 16.8. The number of β-amino-alcohol motifs (C(OH)–C–C–N with tert-alkyl or cyclic N) is 1. The van der Waals surface area contributed by atoms with Gasteiger partial charge in [0.25, 0.3) is 15.9 Å². The molecule has 1 aromatic heterocycles. The minimum Gasteiger partial charge on any atom is -0.497 e.